The molecular formula is C23H21N3O3. The molecule has 29 heavy (non-hydrogen) atoms. The number of aromatic amines is 1. The van der Waals surface area contributed by atoms with Crippen molar-refractivity contribution in [3.05, 3.63) is 78.4 Å². The number of anilines is 1. The van der Waals surface area contributed by atoms with E-state index in [4.69, 9.17) is 9.47 Å². The van der Waals surface area contributed by atoms with Gasteiger partial charge in [0.25, 0.3) is 5.91 Å². The summed E-state index contributed by atoms with van der Waals surface area (Å²) >= 11 is 0. The maximum atomic E-state index is 12.7. The van der Waals surface area contributed by atoms with Crippen LogP contribution in [0, 0.1) is 0 Å². The number of aromatic nitrogens is 2. The zero-order chi connectivity index (χ0) is 20.1. The molecule has 4 aromatic rings. The minimum Gasteiger partial charge on any atom is -0.491 e. The van der Waals surface area contributed by atoms with Crippen LogP contribution in [-0.4, -0.2) is 36.2 Å². The number of benzene rings is 3. The zero-order valence-corrected chi connectivity index (χ0v) is 16.0. The topological polar surface area (TPSA) is 76.2 Å². The normalized spacial score (nSPS) is 10.8. The molecule has 146 valence electrons. The molecule has 0 radical (unpaired) electrons. The molecule has 0 bridgehead atoms. The van der Waals surface area contributed by atoms with E-state index in [0.29, 0.717) is 30.2 Å². The summed E-state index contributed by atoms with van der Waals surface area (Å²) < 4.78 is 10.6. The largest absolute Gasteiger partial charge is 0.491 e. The SMILES string of the molecule is COCCOc1cccc(C(=O)Nc2cccc(-c3nc4ccccc4[nH]3)c2)c1. The van der Waals surface area contributed by atoms with Gasteiger partial charge in [-0.15, -0.1) is 0 Å². The quantitative estimate of drug-likeness (QED) is 0.458. The molecule has 0 saturated carbocycles. The van der Waals surface area contributed by atoms with Crippen LogP contribution in [0.5, 0.6) is 5.75 Å². The van der Waals surface area contributed by atoms with Gasteiger partial charge in [-0.3, -0.25) is 4.79 Å². The second-order valence-corrected chi connectivity index (χ2v) is 6.51. The number of H-pyrrole nitrogens is 1. The predicted octanol–water partition coefficient (Wildman–Crippen LogP) is 4.51. The van der Waals surface area contributed by atoms with Crippen LogP contribution >= 0.6 is 0 Å². The summed E-state index contributed by atoms with van der Waals surface area (Å²) in [7, 11) is 1.62. The van der Waals surface area contributed by atoms with Crippen molar-refractivity contribution in [3.63, 3.8) is 0 Å². The van der Waals surface area contributed by atoms with Crippen LogP contribution in [-0.2, 0) is 4.74 Å². The molecule has 2 N–H and O–H groups in total. The number of imidazole rings is 1. The lowest BCUT2D eigenvalue weighted by Gasteiger charge is -2.09. The van der Waals surface area contributed by atoms with Gasteiger partial charge >= 0.3 is 0 Å². The Kier molecular flexibility index (Phi) is 5.54. The number of ether oxygens (including phenoxy) is 2. The molecule has 6 nitrogen and oxygen atoms in total. The van der Waals surface area contributed by atoms with Crippen molar-refractivity contribution in [2.75, 3.05) is 25.6 Å². The van der Waals surface area contributed by atoms with Crippen LogP contribution in [0.3, 0.4) is 0 Å². The molecule has 0 aliphatic rings. The highest BCUT2D eigenvalue weighted by molar-refractivity contribution is 6.04. The summed E-state index contributed by atoms with van der Waals surface area (Å²) in [6.07, 6.45) is 0. The molecular weight excluding hydrogens is 366 g/mol. The summed E-state index contributed by atoms with van der Waals surface area (Å²) in [6, 6.07) is 22.5. The van der Waals surface area contributed by atoms with Crippen molar-refractivity contribution in [1.29, 1.82) is 0 Å². The third-order valence-corrected chi connectivity index (χ3v) is 4.44. The number of nitrogens with zero attached hydrogens (tertiary/aromatic N) is 1. The number of methoxy groups -OCH3 is 1. The molecule has 6 heteroatoms. The molecule has 0 unspecified atom stereocenters. The van der Waals surface area contributed by atoms with Gasteiger partial charge in [-0.2, -0.15) is 0 Å². The molecule has 0 spiro atoms. The molecule has 0 aliphatic carbocycles. The molecule has 1 amide bonds. The Morgan fingerprint density at radius 2 is 1.86 bits per heavy atom. The van der Waals surface area contributed by atoms with E-state index in [1.807, 2.05) is 54.6 Å². The minimum atomic E-state index is -0.205. The lowest BCUT2D eigenvalue weighted by Crippen LogP contribution is -2.12. The van der Waals surface area contributed by atoms with Gasteiger partial charge in [0.15, 0.2) is 0 Å². The van der Waals surface area contributed by atoms with Gasteiger partial charge in [-0.1, -0.05) is 30.3 Å². The van der Waals surface area contributed by atoms with Crippen LogP contribution in [0.2, 0.25) is 0 Å². The smallest absolute Gasteiger partial charge is 0.255 e. The zero-order valence-electron chi connectivity index (χ0n) is 16.0. The van der Waals surface area contributed by atoms with Crippen LogP contribution < -0.4 is 10.1 Å². The van der Waals surface area contributed by atoms with E-state index in [1.165, 1.54) is 0 Å². The molecule has 0 fully saturated rings. The van der Waals surface area contributed by atoms with Gasteiger partial charge in [0.2, 0.25) is 0 Å². The fourth-order valence-electron chi connectivity index (χ4n) is 3.01. The monoisotopic (exact) mass is 387 g/mol. The lowest BCUT2D eigenvalue weighted by atomic mass is 10.1. The van der Waals surface area contributed by atoms with Gasteiger partial charge < -0.3 is 19.8 Å². The average Bonchev–Trinajstić information content (AvgIpc) is 3.19. The number of rotatable bonds is 7. The van der Waals surface area contributed by atoms with E-state index in [-0.39, 0.29) is 5.91 Å². The highest BCUT2D eigenvalue weighted by atomic mass is 16.5. The van der Waals surface area contributed by atoms with Crippen LogP contribution in [0.1, 0.15) is 10.4 Å². The first-order chi connectivity index (χ1) is 14.2. The van der Waals surface area contributed by atoms with Crippen molar-refractivity contribution < 1.29 is 14.3 Å². The second kappa shape index (κ2) is 8.58. The molecule has 1 aromatic heterocycles. The summed E-state index contributed by atoms with van der Waals surface area (Å²) in [6.45, 7) is 0.923. The van der Waals surface area contributed by atoms with Gasteiger partial charge in [0.1, 0.15) is 18.2 Å². The number of para-hydroxylation sites is 2. The number of carbonyl (C=O) groups excluding carboxylic acids is 1. The van der Waals surface area contributed by atoms with Crippen molar-refractivity contribution >= 4 is 22.6 Å². The van der Waals surface area contributed by atoms with E-state index in [2.05, 4.69) is 15.3 Å². The molecule has 3 aromatic carbocycles. The van der Waals surface area contributed by atoms with Crippen molar-refractivity contribution in [2.45, 2.75) is 0 Å². The van der Waals surface area contributed by atoms with Crippen LogP contribution in [0.25, 0.3) is 22.4 Å². The standard InChI is InChI=1S/C23H21N3O3/c1-28-12-13-29-19-9-5-7-17(15-19)23(27)24-18-8-4-6-16(14-18)22-25-20-10-2-3-11-21(20)26-22/h2-11,14-15H,12-13H2,1H3,(H,24,27)(H,25,26). The number of nitrogens with one attached hydrogen (secondary N) is 2. The maximum absolute atomic E-state index is 12.7. The Morgan fingerprint density at radius 1 is 1.00 bits per heavy atom. The first-order valence-electron chi connectivity index (χ1n) is 9.31. The summed E-state index contributed by atoms with van der Waals surface area (Å²) in [5.74, 6) is 1.19. The Labute approximate surface area is 168 Å². The fraction of sp³-hybridized carbons (Fsp3) is 0.130. The van der Waals surface area contributed by atoms with E-state index < -0.39 is 0 Å². The Balaban J connectivity index is 1.50. The van der Waals surface area contributed by atoms with Crippen LogP contribution in [0.15, 0.2) is 72.8 Å². The summed E-state index contributed by atoms with van der Waals surface area (Å²) in [5, 5.41) is 2.94. The Morgan fingerprint density at radius 3 is 2.72 bits per heavy atom. The maximum Gasteiger partial charge on any atom is 0.255 e. The minimum absolute atomic E-state index is 0.205. The number of carbonyl (C=O) groups is 1. The second-order valence-electron chi connectivity index (χ2n) is 6.51. The van der Waals surface area contributed by atoms with Crippen molar-refractivity contribution in [1.82, 2.24) is 9.97 Å². The molecule has 0 saturated heterocycles. The highest BCUT2D eigenvalue weighted by Crippen LogP contribution is 2.23. The van der Waals surface area contributed by atoms with Gasteiger partial charge in [0.05, 0.1) is 17.6 Å². The van der Waals surface area contributed by atoms with E-state index in [0.717, 1.165) is 22.4 Å². The first kappa shape index (κ1) is 18.7. The lowest BCUT2D eigenvalue weighted by molar-refractivity contribution is 0.102. The van der Waals surface area contributed by atoms with E-state index in [1.54, 1.807) is 25.3 Å². The number of hydrogen-bond donors (Lipinski definition) is 2. The third-order valence-electron chi connectivity index (χ3n) is 4.44. The first-order valence-corrected chi connectivity index (χ1v) is 9.31. The summed E-state index contributed by atoms with van der Waals surface area (Å²) in [5.41, 5.74) is 3.99. The fourth-order valence-corrected chi connectivity index (χ4v) is 3.01. The highest BCUT2D eigenvalue weighted by Gasteiger charge is 2.10. The van der Waals surface area contributed by atoms with Gasteiger partial charge in [-0.25, -0.2) is 4.98 Å². The van der Waals surface area contributed by atoms with E-state index in [9.17, 15) is 4.79 Å². The molecule has 0 aliphatic heterocycles. The molecule has 0 atom stereocenters. The number of fused-ring (bicyclic) bond motifs is 1. The van der Waals surface area contributed by atoms with Gasteiger partial charge in [-0.05, 0) is 42.5 Å². The Hall–Kier alpha value is -3.64. The molecule has 4 rings (SSSR count). The van der Waals surface area contributed by atoms with Gasteiger partial charge in [0, 0.05) is 23.9 Å². The van der Waals surface area contributed by atoms with Crippen molar-refractivity contribution in [2.24, 2.45) is 0 Å². The molecule has 1 heterocycles. The van der Waals surface area contributed by atoms with Crippen molar-refractivity contribution in [3.8, 4) is 17.1 Å². The predicted molar refractivity (Wildman–Crippen MR) is 113 cm³/mol. The average molecular weight is 387 g/mol. The summed E-state index contributed by atoms with van der Waals surface area (Å²) in [4.78, 5) is 20.6. The van der Waals surface area contributed by atoms with Crippen LogP contribution in [0.4, 0.5) is 5.69 Å². The number of amides is 1. The number of hydrogen-bond acceptors (Lipinski definition) is 4. The van der Waals surface area contributed by atoms with E-state index >= 15 is 0 Å². The third kappa shape index (κ3) is 4.44. The Bertz CT molecular complexity index is 1100.